The summed E-state index contributed by atoms with van der Waals surface area (Å²) in [4.78, 5) is 0. The molecule has 0 saturated carbocycles. The van der Waals surface area contributed by atoms with Crippen LogP contribution in [0, 0.1) is 0 Å². The molecule has 1 heterocycles. The maximum Gasteiger partial charge on any atom is 0.216 e. The highest BCUT2D eigenvalue weighted by Crippen LogP contribution is 2.11. The molecule has 1 aliphatic rings. The maximum atomic E-state index is 11.4. The van der Waals surface area contributed by atoms with Gasteiger partial charge in [0.15, 0.2) is 0 Å². The first-order valence-corrected chi connectivity index (χ1v) is 6.32. The summed E-state index contributed by atoms with van der Waals surface area (Å²) in [6.07, 6.45) is 1.88. The van der Waals surface area contributed by atoms with Crippen LogP contribution in [-0.4, -0.2) is 44.6 Å². The quantitative estimate of drug-likeness (QED) is 0.656. The SMILES string of the molecule is CC(CO)S(=O)(=O)NCC1CCCO1. The van der Waals surface area contributed by atoms with Crippen LogP contribution in [0.1, 0.15) is 19.8 Å². The van der Waals surface area contributed by atoms with Crippen molar-refractivity contribution in [3.05, 3.63) is 0 Å². The molecule has 0 aromatic rings. The Morgan fingerprint density at radius 2 is 2.36 bits per heavy atom. The van der Waals surface area contributed by atoms with Crippen molar-refractivity contribution in [1.29, 1.82) is 0 Å². The number of ether oxygens (including phenoxy) is 1. The van der Waals surface area contributed by atoms with E-state index in [1.165, 1.54) is 6.92 Å². The fourth-order valence-corrected chi connectivity index (χ4v) is 2.15. The number of sulfonamides is 1. The van der Waals surface area contributed by atoms with E-state index in [-0.39, 0.29) is 12.7 Å². The lowest BCUT2D eigenvalue weighted by molar-refractivity contribution is 0.114. The molecule has 14 heavy (non-hydrogen) atoms. The van der Waals surface area contributed by atoms with Gasteiger partial charge in [-0.25, -0.2) is 13.1 Å². The first-order valence-electron chi connectivity index (χ1n) is 4.77. The fraction of sp³-hybridized carbons (Fsp3) is 1.00. The number of hydrogen-bond donors (Lipinski definition) is 2. The molecule has 1 aliphatic heterocycles. The van der Waals surface area contributed by atoms with Crippen LogP contribution in [0.15, 0.2) is 0 Å². The van der Waals surface area contributed by atoms with Crippen molar-refractivity contribution >= 4 is 10.0 Å². The Balaban J connectivity index is 2.35. The molecule has 1 fully saturated rings. The van der Waals surface area contributed by atoms with Gasteiger partial charge in [0.05, 0.1) is 18.0 Å². The molecule has 2 atom stereocenters. The topological polar surface area (TPSA) is 75.6 Å². The van der Waals surface area contributed by atoms with E-state index in [4.69, 9.17) is 9.84 Å². The van der Waals surface area contributed by atoms with Gasteiger partial charge in [0, 0.05) is 13.2 Å². The molecule has 2 unspecified atom stereocenters. The summed E-state index contributed by atoms with van der Waals surface area (Å²) in [5.74, 6) is 0. The van der Waals surface area contributed by atoms with Gasteiger partial charge < -0.3 is 9.84 Å². The average Bonchev–Trinajstić information content (AvgIpc) is 2.66. The van der Waals surface area contributed by atoms with Crippen LogP contribution in [0.25, 0.3) is 0 Å². The normalized spacial score (nSPS) is 25.1. The Morgan fingerprint density at radius 3 is 2.86 bits per heavy atom. The molecule has 0 aliphatic carbocycles. The molecule has 1 rings (SSSR count). The summed E-state index contributed by atoms with van der Waals surface area (Å²) in [5.41, 5.74) is 0. The summed E-state index contributed by atoms with van der Waals surface area (Å²) in [6, 6.07) is 0. The van der Waals surface area contributed by atoms with Crippen LogP contribution in [0.4, 0.5) is 0 Å². The van der Waals surface area contributed by atoms with Gasteiger partial charge in [0.25, 0.3) is 0 Å². The first-order chi connectivity index (χ1) is 6.56. The van der Waals surface area contributed by atoms with E-state index in [0.29, 0.717) is 13.2 Å². The zero-order chi connectivity index (χ0) is 10.6. The summed E-state index contributed by atoms with van der Waals surface area (Å²) >= 11 is 0. The molecule has 1 saturated heterocycles. The van der Waals surface area contributed by atoms with Gasteiger partial charge in [0.1, 0.15) is 0 Å². The van der Waals surface area contributed by atoms with Crippen LogP contribution >= 0.6 is 0 Å². The molecular weight excluding hydrogens is 206 g/mol. The van der Waals surface area contributed by atoms with Gasteiger partial charge in [-0.3, -0.25) is 0 Å². The number of aliphatic hydroxyl groups is 1. The van der Waals surface area contributed by atoms with Gasteiger partial charge in [0.2, 0.25) is 10.0 Å². The van der Waals surface area contributed by atoms with Gasteiger partial charge >= 0.3 is 0 Å². The van der Waals surface area contributed by atoms with Crippen LogP contribution in [0.2, 0.25) is 0 Å². The molecule has 0 bridgehead atoms. The van der Waals surface area contributed by atoms with Crippen LogP contribution in [0.5, 0.6) is 0 Å². The minimum absolute atomic E-state index is 0.00401. The predicted molar refractivity (Wildman–Crippen MR) is 52.4 cm³/mol. The van der Waals surface area contributed by atoms with Gasteiger partial charge in [-0.05, 0) is 19.8 Å². The van der Waals surface area contributed by atoms with Gasteiger partial charge in [-0.15, -0.1) is 0 Å². The minimum atomic E-state index is -3.38. The van der Waals surface area contributed by atoms with Crippen LogP contribution in [-0.2, 0) is 14.8 Å². The standard InChI is InChI=1S/C8H17NO4S/c1-7(6-10)14(11,12)9-5-8-3-2-4-13-8/h7-10H,2-6H2,1H3. The smallest absolute Gasteiger partial charge is 0.216 e. The monoisotopic (exact) mass is 223 g/mol. The molecular formula is C8H17NO4S. The molecule has 6 heteroatoms. The fourth-order valence-electron chi connectivity index (χ4n) is 1.25. The molecule has 0 aromatic carbocycles. The average molecular weight is 223 g/mol. The highest BCUT2D eigenvalue weighted by molar-refractivity contribution is 7.90. The second-order valence-electron chi connectivity index (χ2n) is 3.52. The Morgan fingerprint density at radius 1 is 1.64 bits per heavy atom. The highest BCUT2D eigenvalue weighted by atomic mass is 32.2. The highest BCUT2D eigenvalue weighted by Gasteiger charge is 2.22. The lowest BCUT2D eigenvalue weighted by atomic mass is 10.2. The van der Waals surface area contributed by atoms with E-state index in [0.717, 1.165) is 12.8 Å². The molecule has 5 nitrogen and oxygen atoms in total. The summed E-state index contributed by atoms with van der Waals surface area (Å²) in [5, 5.41) is 7.95. The molecule has 84 valence electrons. The van der Waals surface area contributed by atoms with Crippen molar-refractivity contribution in [3.63, 3.8) is 0 Å². The lowest BCUT2D eigenvalue weighted by Gasteiger charge is -2.14. The van der Waals surface area contributed by atoms with E-state index >= 15 is 0 Å². The third kappa shape index (κ3) is 3.20. The van der Waals surface area contributed by atoms with Crippen LogP contribution < -0.4 is 4.72 Å². The second kappa shape index (κ2) is 5.06. The first kappa shape index (κ1) is 11.9. The summed E-state index contributed by atoms with van der Waals surface area (Å²) in [7, 11) is -3.38. The third-order valence-corrected chi connectivity index (χ3v) is 4.10. The maximum absolute atomic E-state index is 11.4. The number of rotatable bonds is 5. The number of aliphatic hydroxyl groups excluding tert-OH is 1. The van der Waals surface area contributed by atoms with Crippen LogP contribution in [0.3, 0.4) is 0 Å². The Bertz CT molecular complexity index is 259. The van der Waals surface area contributed by atoms with Crippen molar-refractivity contribution in [2.24, 2.45) is 0 Å². The minimum Gasteiger partial charge on any atom is -0.395 e. The van der Waals surface area contributed by atoms with Crippen molar-refractivity contribution in [2.45, 2.75) is 31.1 Å². The van der Waals surface area contributed by atoms with E-state index < -0.39 is 15.3 Å². The molecule has 0 spiro atoms. The predicted octanol–water partition coefficient (Wildman–Crippen LogP) is -0.534. The van der Waals surface area contributed by atoms with E-state index in [2.05, 4.69) is 4.72 Å². The molecule has 2 N–H and O–H groups in total. The van der Waals surface area contributed by atoms with E-state index in [1.807, 2.05) is 0 Å². The van der Waals surface area contributed by atoms with Gasteiger partial charge in [-0.2, -0.15) is 0 Å². The van der Waals surface area contributed by atoms with E-state index in [1.54, 1.807) is 0 Å². The van der Waals surface area contributed by atoms with E-state index in [9.17, 15) is 8.42 Å². The molecule has 0 aromatic heterocycles. The zero-order valence-corrected chi connectivity index (χ0v) is 9.09. The Labute approximate surface area is 84.5 Å². The lowest BCUT2D eigenvalue weighted by Crippen LogP contribution is -2.38. The summed E-state index contributed by atoms with van der Waals surface area (Å²) < 4.78 is 30.5. The second-order valence-corrected chi connectivity index (χ2v) is 5.71. The van der Waals surface area contributed by atoms with Crippen molar-refractivity contribution in [3.8, 4) is 0 Å². The Kier molecular flexibility index (Phi) is 4.31. The third-order valence-electron chi connectivity index (χ3n) is 2.32. The Hall–Kier alpha value is -0.170. The zero-order valence-electron chi connectivity index (χ0n) is 8.27. The number of hydrogen-bond acceptors (Lipinski definition) is 4. The summed E-state index contributed by atoms with van der Waals surface area (Å²) in [6.45, 7) is 2.13. The number of nitrogens with one attached hydrogen (secondary N) is 1. The molecule has 0 amide bonds. The largest absolute Gasteiger partial charge is 0.395 e. The van der Waals surface area contributed by atoms with Crippen molar-refractivity contribution < 1.29 is 18.3 Å². The van der Waals surface area contributed by atoms with Gasteiger partial charge in [-0.1, -0.05) is 0 Å². The van der Waals surface area contributed by atoms with Crippen molar-refractivity contribution in [1.82, 2.24) is 4.72 Å². The molecule has 0 radical (unpaired) electrons. The van der Waals surface area contributed by atoms with Crippen molar-refractivity contribution in [2.75, 3.05) is 19.8 Å².